The van der Waals surface area contributed by atoms with Crippen LogP contribution in [0.3, 0.4) is 0 Å². The van der Waals surface area contributed by atoms with Gasteiger partial charge in [-0.1, -0.05) is 0 Å². The average molecular weight is 274 g/mol. The highest BCUT2D eigenvalue weighted by atomic mass is 16.7. The first-order valence-corrected chi connectivity index (χ1v) is 5.79. The third kappa shape index (κ3) is 4.09. The molecule has 19 heavy (non-hydrogen) atoms. The van der Waals surface area contributed by atoms with Gasteiger partial charge < -0.3 is 15.2 Å². The number of hydrogen-bond donors (Lipinski definition) is 2. The Morgan fingerprint density at radius 1 is 1.42 bits per heavy atom. The number of ether oxygens (including phenoxy) is 1. The SMILES string of the molecule is CC1[C@H](NC(=O)OC(C)(C)C)C(=O)N1OCC(=O)O. The van der Waals surface area contributed by atoms with Crippen molar-refractivity contribution in [2.24, 2.45) is 0 Å². The molecule has 0 aromatic heterocycles. The molecule has 0 spiro atoms. The summed E-state index contributed by atoms with van der Waals surface area (Å²) in [6.45, 7) is 6.16. The number of carbonyl (C=O) groups excluding carboxylic acids is 2. The Kier molecular flexibility index (Phi) is 4.35. The Bertz CT molecular complexity index is 389. The highest BCUT2D eigenvalue weighted by molar-refractivity contribution is 5.91. The van der Waals surface area contributed by atoms with Crippen LogP contribution < -0.4 is 5.32 Å². The zero-order valence-electron chi connectivity index (χ0n) is 11.3. The fourth-order valence-electron chi connectivity index (χ4n) is 1.52. The summed E-state index contributed by atoms with van der Waals surface area (Å²) in [6, 6.07) is -1.21. The zero-order valence-corrected chi connectivity index (χ0v) is 11.3. The van der Waals surface area contributed by atoms with Gasteiger partial charge in [0.15, 0.2) is 6.61 Å². The standard InChI is InChI=1S/C11H18N2O6/c1-6-8(12-10(17)19-11(2,3)4)9(16)13(6)18-5-7(14)15/h6,8H,5H2,1-4H3,(H,12,17)(H,14,15)/t6?,8-/m0/s1. The quantitative estimate of drug-likeness (QED) is 0.706. The molecule has 0 aromatic carbocycles. The van der Waals surface area contributed by atoms with Crippen molar-refractivity contribution in [2.75, 3.05) is 6.61 Å². The number of β-lactam (4-membered cyclic amide) rings is 1. The van der Waals surface area contributed by atoms with E-state index in [4.69, 9.17) is 14.7 Å². The predicted octanol–water partition coefficient (Wildman–Crippen LogP) is 0.127. The van der Waals surface area contributed by atoms with E-state index in [-0.39, 0.29) is 0 Å². The van der Waals surface area contributed by atoms with Crippen molar-refractivity contribution in [1.29, 1.82) is 0 Å². The third-order valence-electron chi connectivity index (χ3n) is 2.33. The van der Waals surface area contributed by atoms with Crippen molar-refractivity contribution in [3.63, 3.8) is 0 Å². The summed E-state index contributed by atoms with van der Waals surface area (Å²) in [5, 5.41) is 11.8. The van der Waals surface area contributed by atoms with E-state index in [1.54, 1.807) is 27.7 Å². The van der Waals surface area contributed by atoms with Gasteiger partial charge in [-0.25, -0.2) is 14.7 Å². The molecule has 2 atom stereocenters. The van der Waals surface area contributed by atoms with Crippen LogP contribution in [0.4, 0.5) is 4.79 Å². The Hall–Kier alpha value is -1.83. The molecule has 1 fully saturated rings. The average Bonchev–Trinajstić information content (AvgIpc) is 2.23. The first kappa shape index (κ1) is 15.2. The zero-order chi connectivity index (χ0) is 14.8. The largest absolute Gasteiger partial charge is 0.479 e. The normalized spacial score (nSPS) is 22.7. The van der Waals surface area contributed by atoms with Crippen molar-refractivity contribution < 1.29 is 29.1 Å². The van der Waals surface area contributed by atoms with Crippen LogP contribution >= 0.6 is 0 Å². The molecule has 1 aliphatic rings. The molecule has 0 aromatic rings. The van der Waals surface area contributed by atoms with E-state index in [9.17, 15) is 14.4 Å². The Labute approximate surface area is 110 Å². The molecule has 0 aliphatic carbocycles. The molecule has 0 saturated carbocycles. The minimum absolute atomic E-state index is 0.445. The molecule has 2 N–H and O–H groups in total. The Morgan fingerprint density at radius 3 is 2.42 bits per heavy atom. The van der Waals surface area contributed by atoms with Crippen LogP contribution in [0.1, 0.15) is 27.7 Å². The number of nitrogens with zero attached hydrogens (tertiary/aromatic N) is 1. The molecule has 1 rings (SSSR count). The van der Waals surface area contributed by atoms with Crippen molar-refractivity contribution in [1.82, 2.24) is 10.4 Å². The molecular weight excluding hydrogens is 256 g/mol. The van der Waals surface area contributed by atoms with E-state index >= 15 is 0 Å². The minimum Gasteiger partial charge on any atom is -0.479 e. The molecule has 1 unspecified atom stereocenters. The molecule has 0 bridgehead atoms. The number of nitrogens with one attached hydrogen (secondary N) is 1. The highest BCUT2D eigenvalue weighted by Crippen LogP contribution is 2.20. The number of hydroxylamine groups is 2. The number of aliphatic carboxylic acids is 1. The van der Waals surface area contributed by atoms with Crippen LogP contribution in [0.25, 0.3) is 0 Å². The first-order chi connectivity index (χ1) is 8.61. The number of rotatable bonds is 4. The second kappa shape index (κ2) is 5.43. The van der Waals surface area contributed by atoms with Gasteiger partial charge in [0, 0.05) is 0 Å². The summed E-state index contributed by atoms with van der Waals surface area (Å²) in [4.78, 5) is 38.2. The predicted molar refractivity (Wildman–Crippen MR) is 63.1 cm³/mol. The van der Waals surface area contributed by atoms with E-state index in [1.165, 1.54) is 0 Å². The van der Waals surface area contributed by atoms with Gasteiger partial charge in [-0.2, -0.15) is 0 Å². The van der Waals surface area contributed by atoms with E-state index in [2.05, 4.69) is 5.32 Å². The number of amides is 2. The van der Waals surface area contributed by atoms with Crippen molar-refractivity contribution in [3.05, 3.63) is 0 Å². The van der Waals surface area contributed by atoms with E-state index < -0.39 is 42.3 Å². The summed E-state index contributed by atoms with van der Waals surface area (Å²) >= 11 is 0. The Balaban J connectivity index is 2.44. The molecule has 8 nitrogen and oxygen atoms in total. The number of alkyl carbamates (subject to hydrolysis) is 1. The van der Waals surface area contributed by atoms with Crippen molar-refractivity contribution in [2.45, 2.75) is 45.4 Å². The van der Waals surface area contributed by atoms with Gasteiger partial charge in [-0.3, -0.25) is 9.63 Å². The molecule has 8 heteroatoms. The topological polar surface area (TPSA) is 105 Å². The van der Waals surface area contributed by atoms with Crippen LogP contribution in [0.2, 0.25) is 0 Å². The number of carbonyl (C=O) groups is 3. The maximum Gasteiger partial charge on any atom is 0.408 e. The van der Waals surface area contributed by atoms with Crippen LogP contribution in [0.15, 0.2) is 0 Å². The lowest BCUT2D eigenvalue weighted by Gasteiger charge is -2.43. The fraction of sp³-hybridized carbons (Fsp3) is 0.727. The lowest BCUT2D eigenvalue weighted by atomic mass is 10.0. The van der Waals surface area contributed by atoms with E-state index in [0.717, 1.165) is 5.06 Å². The molecule has 0 radical (unpaired) electrons. The van der Waals surface area contributed by atoms with Crippen molar-refractivity contribution in [3.8, 4) is 0 Å². The maximum absolute atomic E-state index is 11.6. The van der Waals surface area contributed by atoms with Gasteiger partial charge in [0.2, 0.25) is 0 Å². The summed E-state index contributed by atoms with van der Waals surface area (Å²) < 4.78 is 5.02. The summed E-state index contributed by atoms with van der Waals surface area (Å²) in [7, 11) is 0. The van der Waals surface area contributed by atoms with Gasteiger partial charge in [0.05, 0.1) is 6.04 Å². The molecule has 108 valence electrons. The second-order valence-corrected chi connectivity index (χ2v) is 5.20. The molecule has 1 aliphatic heterocycles. The number of carboxylic acid groups (broad SMARTS) is 1. The molecule has 1 saturated heterocycles. The second-order valence-electron chi connectivity index (χ2n) is 5.20. The minimum atomic E-state index is -1.18. The van der Waals surface area contributed by atoms with Gasteiger partial charge >= 0.3 is 12.1 Å². The first-order valence-electron chi connectivity index (χ1n) is 5.79. The lowest BCUT2D eigenvalue weighted by molar-refractivity contribution is -0.233. The highest BCUT2D eigenvalue weighted by Gasteiger charge is 2.47. The molecule has 2 amide bonds. The maximum atomic E-state index is 11.6. The van der Waals surface area contributed by atoms with E-state index in [0.29, 0.717) is 0 Å². The number of carboxylic acids is 1. The van der Waals surface area contributed by atoms with Gasteiger partial charge in [0.25, 0.3) is 5.91 Å². The lowest BCUT2D eigenvalue weighted by Crippen LogP contribution is -2.69. The summed E-state index contributed by atoms with van der Waals surface area (Å²) in [6.07, 6.45) is -0.699. The third-order valence-corrected chi connectivity index (χ3v) is 2.33. The van der Waals surface area contributed by atoms with Crippen LogP contribution in [0.5, 0.6) is 0 Å². The van der Waals surface area contributed by atoms with E-state index in [1.807, 2.05) is 0 Å². The van der Waals surface area contributed by atoms with Crippen LogP contribution in [0, 0.1) is 0 Å². The van der Waals surface area contributed by atoms with Gasteiger partial charge in [-0.15, -0.1) is 0 Å². The van der Waals surface area contributed by atoms with Gasteiger partial charge in [0.1, 0.15) is 11.6 Å². The summed E-state index contributed by atoms with van der Waals surface area (Å²) in [5.74, 6) is -1.68. The monoisotopic (exact) mass is 274 g/mol. The van der Waals surface area contributed by atoms with Crippen LogP contribution in [-0.4, -0.2) is 52.4 Å². The van der Waals surface area contributed by atoms with Crippen LogP contribution in [-0.2, 0) is 19.2 Å². The van der Waals surface area contributed by atoms with Crippen molar-refractivity contribution >= 4 is 18.0 Å². The van der Waals surface area contributed by atoms with Gasteiger partial charge in [-0.05, 0) is 27.7 Å². The fourth-order valence-corrected chi connectivity index (χ4v) is 1.52. The smallest absolute Gasteiger partial charge is 0.408 e. The molecule has 1 heterocycles. The molecular formula is C11H18N2O6. The number of hydrogen-bond acceptors (Lipinski definition) is 5. The Morgan fingerprint density at radius 2 is 2.00 bits per heavy atom. The summed E-state index contributed by atoms with van der Waals surface area (Å²) in [5.41, 5.74) is -0.653.